The minimum atomic E-state index is -0.0522. The number of nitrogens with one attached hydrogen (secondary N) is 1. The summed E-state index contributed by atoms with van der Waals surface area (Å²) >= 11 is 0. The van der Waals surface area contributed by atoms with Gasteiger partial charge in [-0.2, -0.15) is 0 Å². The number of aryl methyl sites for hydroxylation is 3. The molecule has 0 aromatic heterocycles. The van der Waals surface area contributed by atoms with Gasteiger partial charge in [0.25, 0.3) is 0 Å². The van der Waals surface area contributed by atoms with Gasteiger partial charge in [-0.05, 0) is 43.0 Å². The van der Waals surface area contributed by atoms with E-state index in [1.807, 2.05) is 6.92 Å². The molecule has 0 radical (unpaired) electrons. The highest BCUT2D eigenvalue weighted by Crippen LogP contribution is 2.16. The first kappa shape index (κ1) is 15.2. The lowest BCUT2D eigenvalue weighted by molar-refractivity contribution is -0.122. The third kappa shape index (κ3) is 4.39. The van der Waals surface area contributed by atoms with Crippen LogP contribution in [0, 0.1) is 20.8 Å². The van der Waals surface area contributed by atoms with Crippen LogP contribution in [0.3, 0.4) is 0 Å². The van der Waals surface area contributed by atoms with E-state index in [0.717, 1.165) is 12.0 Å². The lowest BCUT2D eigenvalue weighted by Gasteiger charge is -2.19. The Hall–Kier alpha value is -1.84. The van der Waals surface area contributed by atoms with Crippen LogP contribution < -0.4 is 5.32 Å². The molecule has 19 heavy (non-hydrogen) atoms. The molecule has 0 aliphatic carbocycles. The zero-order chi connectivity index (χ0) is 14.4. The average molecular weight is 262 g/mol. The Kier molecular flexibility index (Phi) is 5.55. The van der Waals surface area contributed by atoms with Crippen LogP contribution in [-0.2, 0) is 16.1 Å². The molecule has 2 amide bonds. The molecule has 4 nitrogen and oxygen atoms in total. The van der Waals surface area contributed by atoms with E-state index < -0.39 is 0 Å². The Labute approximate surface area is 114 Å². The van der Waals surface area contributed by atoms with Gasteiger partial charge in [0.1, 0.15) is 0 Å². The van der Waals surface area contributed by atoms with Crippen molar-refractivity contribution >= 4 is 12.3 Å². The number of hydrogen-bond acceptors (Lipinski definition) is 2. The molecule has 1 rings (SSSR count). The van der Waals surface area contributed by atoms with Crippen molar-refractivity contribution in [2.24, 2.45) is 0 Å². The molecule has 4 heteroatoms. The van der Waals surface area contributed by atoms with Crippen LogP contribution in [0.25, 0.3) is 0 Å². The Morgan fingerprint density at radius 2 is 1.84 bits per heavy atom. The van der Waals surface area contributed by atoms with Crippen molar-refractivity contribution < 1.29 is 9.59 Å². The third-order valence-electron chi connectivity index (χ3n) is 3.38. The van der Waals surface area contributed by atoms with Crippen LogP contribution >= 0.6 is 0 Å². The van der Waals surface area contributed by atoms with Crippen LogP contribution in [0.2, 0.25) is 0 Å². The minimum absolute atomic E-state index is 0.0522. The van der Waals surface area contributed by atoms with Crippen molar-refractivity contribution in [3.05, 3.63) is 34.4 Å². The quantitative estimate of drug-likeness (QED) is 0.793. The van der Waals surface area contributed by atoms with E-state index in [-0.39, 0.29) is 5.91 Å². The summed E-state index contributed by atoms with van der Waals surface area (Å²) in [4.78, 5) is 23.9. The SMILES string of the molecule is CNC(=O)CCN(C=O)Cc1cc(C)c(C)cc1C. The smallest absolute Gasteiger partial charge is 0.221 e. The van der Waals surface area contributed by atoms with Gasteiger partial charge < -0.3 is 10.2 Å². The largest absolute Gasteiger partial charge is 0.359 e. The van der Waals surface area contributed by atoms with E-state index in [1.165, 1.54) is 16.7 Å². The van der Waals surface area contributed by atoms with E-state index in [9.17, 15) is 9.59 Å². The lowest BCUT2D eigenvalue weighted by atomic mass is 10.0. The number of amides is 2. The second kappa shape index (κ2) is 6.92. The number of benzene rings is 1. The van der Waals surface area contributed by atoms with Gasteiger partial charge in [0.15, 0.2) is 0 Å². The highest BCUT2D eigenvalue weighted by Gasteiger charge is 2.09. The van der Waals surface area contributed by atoms with Gasteiger partial charge in [0.05, 0.1) is 0 Å². The highest BCUT2D eigenvalue weighted by atomic mass is 16.2. The topological polar surface area (TPSA) is 49.4 Å². The van der Waals surface area contributed by atoms with Crippen LogP contribution in [0.4, 0.5) is 0 Å². The molecule has 0 saturated heterocycles. The van der Waals surface area contributed by atoms with E-state index in [1.54, 1.807) is 11.9 Å². The Morgan fingerprint density at radius 3 is 2.42 bits per heavy atom. The fourth-order valence-corrected chi connectivity index (χ4v) is 1.95. The fourth-order valence-electron chi connectivity index (χ4n) is 1.95. The molecule has 0 bridgehead atoms. The van der Waals surface area contributed by atoms with Crippen LogP contribution in [-0.4, -0.2) is 30.8 Å². The van der Waals surface area contributed by atoms with E-state index in [0.29, 0.717) is 19.5 Å². The second-order valence-corrected chi connectivity index (χ2v) is 4.86. The molecule has 0 aliphatic heterocycles. The first-order chi connectivity index (χ1) is 8.97. The molecular formula is C15H22N2O2. The maximum absolute atomic E-state index is 11.2. The standard InChI is InChI=1S/C15H22N2O2/c1-11-7-13(3)14(8-12(11)2)9-17(10-18)6-5-15(19)16-4/h7-8,10H,5-6,9H2,1-4H3,(H,16,19). The molecular weight excluding hydrogens is 240 g/mol. The predicted molar refractivity (Wildman–Crippen MR) is 75.8 cm³/mol. The average Bonchev–Trinajstić information content (AvgIpc) is 2.39. The second-order valence-electron chi connectivity index (χ2n) is 4.86. The number of carbonyl (C=O) groups excluding carboxylic acids is 2. The van der Waals surface area contributed by atoms with Crippen LogP contribution in [0.1, 0.15) is 28.7 Å². The molecule has 0 saturated carbocycles. The van der Waals surface area contributed by atoms with Crippen molar-refractivity contribution in [2.45, 2.75) is 33.7 Å². The summed E-state index contributed by atoms with van der Waals surface area (Å²) in [7, 11) is 1.60. The summed E-state index contributed by atoms with van der Waals surface area (Å²) in [5.41, 5.74) is 4.78. The van der Waals surface area contributed by atoms with E-state index in [2.05, 4.69) is 31.3 Å². The monoisotopic (exact) mass is 262 g/mol. The summed E-state index contributed by atoms with van der Waals surface area (Å²) in [6.45, 7) is 7.18. The molecule has 0 unspecified atom stereocenters. The van der Waals surface area contributed by atoms with Gasteiger partial charge in [-0.15, -0.1) is 0 Å². The van der Waals surface area contributed by atoms with Crippen LogP contribution in [0.5, 0.6) is 0 Å². The molecule has 0 heterocycles. The lowest BCUT2D eigenvalue weighted by Crippen LogP contribution is -2.28. The summed E-state index contributed by atoms with van der Waals surface area (Å²) in [5.74, 6) is -0.0522. The van der Waals surface area contributed by atoms with Crippen molar-refractivity contribution in [1.82, 2.24) is 10.2 Å². The van der Waals surface area contributed by atoms with Gasteiger partial charge in [0.2, 0.25) is 12.3 Å². The summed E-state index contributed by atoms with van der Waals surface area (Å²) in [6, 6.07) is 4.24. The molecule has 1 aromatic carbocycles. The number of rotatable bonds is 6. The first-order valence-electron chi connectivity index (χ1n) is 6.44. The first-order valence-corrected chi connectivity index (χ1v) is 6.44. The van der Waals surface area contributed by atoms with Crippen molar-refractivity contribution in [3.63, 3.8) is 0 Å². The molecule has 1 aromatic rings. The van der Waals surface area contributed by atoms with Crippen molar-refractivity contribution in [1.29, 1.82) is 0 Å². The summed E-state index contributed by atoms with van der Waals surface area (Å²) in [6.07, 6.45) is 1.14. The number of nitrogens with zero attached hydrogens (tertiary/aromatic N) is 1. The fraction of sp³-hybridized carbons (Fsp3) is 0.467. The highest BCUT2D eigenvalue weighted by molar-refractivity contribution is 5.75. The molecule has 0 aliphatic rings. The normalized spacial score (nSPS) is 10.1. The molecule has 0 spiro atoms. The van der Waals surface area contributed by atoms with Crippen molar-refractivity contribution in [3.8, 4) is 0 Å². The Balaban J connectivity index is 2.73. The van der Waals surface area contributed by atoms with Gasteiger partial charge in [-0.1, -0.05) is 12.1 Å². The summed E-state index contributed by atoms with van der Waals surface area (Å²) in [5, 5.41) is 2.55. The predicted octanol–water partition coefficient (Wildman–Crippen LogP) is 1.71. The Bertz CT molecular complexity index is 469. The van der Waals surface area contributed by atoms with E-state index >= 15 is 0 Å². The molecule has 0 atom stereocenters. The van der Waals surface area contributed by atoms with Gasteiger partial charge in [0, 0.05) is 26.6 Å². The molecule has 1 N–H and O–H groups in total. The minimum Gasteiger partial charge on any atom is -0.359 e. The van der Waals surface area contributed by atoms with Crippen molar-refractivity contribution in [2.75, 3.05) is 13.6 Å². The zero-order valence-electron chi connectivity index (χ0n) is 12.1. The summed E-state index contributed by atoms with van der Waals surface area (Å²) < 4.78 is 0. The van der Waals surface area contributed by atoms with E-state index in [4.69, 9.17) is 0 Å². The van der Waals surface area contributed by atoms with Crippen LogP contribution in [0.15, 0.2) is 12.1 Å². The maximum atomic E-state index is 11.2. The molecule has 0 fully saturated rings. The third-order valence-corrected chi connectivity index (χ3v) is 3.38. The van der Waals surface area contributed by atoms with Gasteiger partial charge >= 0.3 is 0 Å². The maximum Gasteiger partial charge on any atom is 0.221 e. The van der Waals surface area contributed by atoms with Gasteiger partial charge in [-0.3, -0.25) is 9.59 Å². The van der Waals surface area contributed by atoms with Gasteiger partial charge in [-0.25, -0.2) is 0 Å². The number of carbonyl (C=O) groups is 2. The zero-order valence-corrected chi connectivity index (χ0v) is 12.1. The Morgan fingerprint density at radius 1 is 1.21 bits per heavy atom. The number of hydrogen-bond donors (Lipinski definition) is 1. The molecule has 104 valence electrons.